The van der Waals surface area contributed by atoms with Gasteiger partial charge in [0, 0.05) is 11.1 Å². The van der Waals surface area contributed by atoms with Crippen molar-refractivity contribution in [2.24, 2.45) is 5.73 Å². The molecule has 3 nitrogen and oxygen atoms in total. The van der Waals surface area contributed by atoms with Crippen LogP contribution in [0.25, 0.3) is 5.76 Å². The summed E-state index contributed by atoms with van der Waals surface area (Å²) < 4.78 is 5.51. The Bertz CT molecular complexity index is 435. The highest BCUT2D eigenvalue weighted by Gasteiger charge is 2.18. The van der Waals surface area contributed by atoms with E-state index in [1.165, 1.54) is 0 Å². The van der Waals surface area contributed by atoms with Crippen LogP contribution in [-0.2, 0) is 11.2 Å². The molecule has 0 amide bonds. The Morgan fingerprint density at radius 3 is 3.00 bits per heavy atom. The van der Waals surface area contributed by atoms with Crippen molar-refractivity contribution in [2.45, 2.75) is 13.3 Å². The highest BCUT2D eigenvalue weighted by Crippen LogP contribution is 2.30. The Labute approximate surface area is 89.1 Å². The summed E-state index contributed by atoms with van der Waals surface area (Å²) in [6.45, 7) is 2.63. The van der Waals surface area contributed by atoms with E-state index in [2.05, 4.69) is 0 Å². The molecule has 0 fully saturated rings. The van der Waals surface area contributed by atoms with Gasteiger partial charge in [0.15, 0.2) is 0 Å². The van der Waals surface area contributed by atoms with Crippen molar-refractivity contribution in [3.63, 3.8) is 0 Å². The van der Waals surface area contributed by atoms with Crippen LogP contribution >= 0.6 is 0 Å². The number of nitrogens with two attached hydrogens (primary N) is 1. The summed E-state index contributed by atoms with van der Waals surface area (Å²) in [5, 5.41) is 7.49. The monoisotopic (exact) mass is 202 g/mol. The number of nitrogen functional groups attached to an aromatic ring is 1. The molecule has 0 atom stereocenters. The van der Waals surface area contributed by atoms with Gasteiger partial charge in [-0.3, -0.25) is 5.41 Å². The number of fused-ring (bicyclic) bond motifs is 1. The van der Waals surface area contributed by atoms with Gasteiger partial charge in [-0.25, -0.2) is 0 Å². The fourth-order valence-corrected chi connectivity index (χ4v) is 1.89. The molecule has 0 aromatic heterocycles. The normalized spacial score (nSPS) is 13.3. The van der Waals surface area contributed by atoms with E-state index >= 15 is 0 Å². The van der Waals surface area contributed by atoms with E-state index in [1.54, 1.807) is 0 Å². The van der Waals surface area contributed by atoms with Gasteiger partial charge in [-0.2, -0.15) is 0 Å². The zero-order chi connectivity index (χ0) is 10.8. The lowest BCUT2D eigenvalue weighted by atomic mass is 10.0. The minimum absolute atomic E-state index is 0.123. The quantitative estimate of drug-likeness (QED) is 0.581. The molecule has 0 radical (unpaired) electrons. The first kappa shape index (κ1) is 9.77. The molecule has 0 aliphatic heterocycles. The molecule has 0 saturated heterocycles. The highest BCUT2D eigenvalue weighted by molar-refractivity contribution is 5.98. The van der Waals surface area contributed by atoms with Crippen molar-refractivity contribution in [1.82, 2.24) is 0 Å². The van der Waals surface area contributed by atoms with E-state index < -0.39 is 0 Å². The van der Waals surface area contributed by atoms with Gasteiger partial charge in [0.25, 0.3) is 0 Å². The van der Waals surface area contributed by atoms with Gasteiger partial charge in [0.05, 0.1) is 6.61 Å². The van der Waals surface area contributed by atoms with Crippen LogP contribution in [0, 0.1) is 5.41 Å². The van der Waals surface area contributed by atoms with Gasteiger partial charge in [0.1, 0.15) is 11.6 Å². The molecule has 1 aliphatic rings. The molecule has 0 spiro atoms. The molecule has 0 heterocycles. The van der Waals surface area contributed by atoms with Crippen LogP contribution in [0.5, 0.6) is 0 Å². The van der Waals surface area contributed by atoms with Gasteiger partial charge in [-0.15, -0.1) is 0 Å². The molecule has 1 aliphatic carbocycles. The summed E-state index contributed by atoms with van der Waals surface area (Å²) in [4.78, 5) is 0. The number of ether oxygens (including phenoxy) is 1. The molecule has 1 aromatic rings. The second-order valence-electron chi connectivity index (χ2n) is 3.45. The maximum atomic E-state index is 7.49. The lowest BCUT2D eigenvalue weighted by Gasteiger charge is -2.09. The molecule has 78 valence electrons. The van der Waals surface area contributed by atoms with E-state index in [0.717, 1.165) is 28.9 Å². The third kappa shape index (κ3) is 1.61. The van der Waals surface area contributed by atoms with Crippen LogP contribution in [-0.4, -0.2) is 12.4 Å². The Balaban J connectivity index is 2.43. The number of hydrogen-bond donors (Lipinski definition) is 2. The number of nitrogens with one attached hydrogen (secondary N) is 1. The minimum atomic E-state index is 0.123. The first-order chi connectivity index (χ1) is 7.24. The Hall–Kier alpha value is -1.77. The van der Waals surface area contributed by atoms with E-state index in [1.807, 2.05) is 31.2 Å². The van der Waals surface area contributed by atoms with Crippen molar-refractivity contribution in [1.29, 1.82) is 5.41 Å². The smallest absolute Gasteiger partial charge is 0.123 e. The third-order valence-electron chi connectivity index (χ3n) is 2.52. The van der Waals surface area contributed by atoms with Crippen LogP contribution in [0.1, 0.15) is 23.6 Å². The van der Waals surface area contributed by atoms with Gasteiger partial charge < -0.3 is 10.5 Å². The summed E-state index contributed by atoms with van der Waals surface area (Å²) in [6.07, 6.45) is 2.85. The summed E-state index contributed by atoms with van der Waals surface area (Å²) in [7, 11) is 0. The number of rotatable bonds is 3. The SMILES string of the molecule is CCOC1=CCc2c(C(=N)N)cccc21. The van der Waals surface area contributed by atoms with E-state index in [0.29, 0.717) is 6.61 Å². The van der Waals surface area contributed by atoms with Crippen LogP contribution in [0.2, 0.25) is 0 Å². The zero-order valence-corrected chi connectivity index (χ0v) is 8.71. The molecule has 0 bridgehead atoms. The molecule has 3 heteroatoms. The fraction of sp³-hybridized carbons (Fsp3) is 0.250. The van der Waals surface area contributed by atoms with Gasteiger partial charge in [-0.1, -0.05) is 18.2 Å². The average Bonchev–Trinajstić information content (AvgIpc) is 2.62. The number of amidine groups is 1. The summed E-state index contributed by atoms with van der Waals surface area (Å²) >= 11 is 0. The van der Waals surface area contributed by atoms with Crippen LogP contribution in [0.3, 0.4) is 0 Å². The molecular weight excluding hydrogens is 188 g/mol. The first-order valence-corrected chi connectivity index (χ1v) is 5.03. The van der Waals surface area contributed by atoms with E-state index in [9.17, 15) is 0 Å². The molecule has 15 heavy (non-hydrogen) atoms. The number of allylic oxidation sites excluding steroid dienone is 1. The lowest BCUT2D eigenvalue weighted by Crippen LogP contribution is -2.13. The molecule has 3 N–H and O–H groups in total. The van der Waals surface area contributed by atoms with Gasteiger partial charge in [-0.05, 0) is 25.0 Å². The van der Waals surface area contributed by atoms with Crippen LogP contribution in [0.15, 0.2) is 24.3 Å². The standard InChI is InChI=1S/C12H14N2O/c1-2-15-11-7-6-8-9(11)4-3-5-10(8)12(13)14/h3-5,7H,2,6H2,1H3,(H3,13,14). The predicted molar refractivity (Wildman–Crippen MR) is 60.8 cm³/mol. The number of benzene rings is 1. The molecule has 0 saturated carbocycles. The second-order valence-corrected chi connectivity index (χ2v) is 3.45. The topological polar surface area (TPSA) is 59.1 Å². The minimum Gasteiger partial charge on any atom is -0.494 e. The summed E-state index contributed by atoms with van der Waals surface area (Å²) in [6, 6.07) is 5.80. The lowest BCUT2D eigenvalue weighted by molar-refractivity contribution is 0.298. The van der Waals surface area contributed by atoms with Gasteiger partial charge in [0.2, 0.25) is 0 Å². The van der Waals surface area contributed by atoms with Crippen molar-refractivity contribution in [2.75, 3.05) is 6.61 Å². The Kier molecular flexibility index (Phi) is 2.46. The van der Waals surface area contributed by atoms with Crippen molar-refractivity contribution in [3.8, 4) is 0 Å². The summed E-state index contributed by atoms with van der Waals surface area (Å²) in [5.74, 6) is 1.04. The third-order valence-corrected chi connectivity index (χ3v) is 2.52. The predicted octanol–water partition coefficient (Wildman–Crippen LogP) is 1.90. The number of hydrogen-bond acceptors (Lipinski definition) is 2. The molecule has 1 aromatic carbocycles. The van der Waals surface area contributed by atoms with Crippen LogP contribution < -0.4 is 5.73 Å². The van der Waals surface area contributed by atoms with Crippen molar-refractivity contribution in [3.05, 3.63) is 41.0 Å². The van der Waals surface area contributed by atoms with Crippen LogP contribution in [0.4, 0.5) is 0 Å². The molecule has 2 rings (SSSR count). The molecule has 0 unspecified atom stereocenters. The van der Waals surface area contributed by atoms with Gasteiger partial charge >= 0.3 is 0 Å². The van der Waals surface area contributed by atoms with E-state index in [4.69, 9.17) is 15.9 Å². The summed E-state index contributed by atoms with van der Waals surface area (Å²) in [5.41, 5.74) is 8.52. The maximum absolute atomic E-state index is 7.49. The highest BCUT2D eigenvalue weighted by atomic mass is 16.5. The second kappa shape index (κ2) is 3.77. The Morgan fingerprint density at radius 1 is 1.53 bits per heavy atom. The fourth-order valence-electron chi connectivity index (χ4n) is 1.89. The van der Waals surface area contributed by atoms with Crippen molar-refractivity contribution >= 4 is 11.6 Å². The zero-order valence-electron chi connectivity index (χ0n) is 8.71. The average molecular weight is 202 g/mol. The largest absolute Gasteiger partial charge is 0.494 e. The first-order valence-electron chi connectivity index (χ1n) is 5.03. The molecular formula is C12H14N2O. The van der Waals surface area contributed by atoms with Crippen molar-refractivity contribution < 1.29 is 4.74 Å². The van der Waals surface area contributed by atoms with E-state index in [-0.39, 0.29) is 5.84 Å². The Morgan fingerprint density at radius 2 is 2.33 bits per heavy atom. The maximum Gasteiger partial charge on any atom is 0.123 e.